The van der Waals surface area contributed by atoms with Crippen molar-refractivity contribution in [2.75, 3.05) is 56.8 Å². The van der Waals surface area contributed by atoms with Crippen LogP contribution in [-0.2, 0) is 19.3 Å². The normalized spacial score (nSPS) is 20.3. The van der Waals surface area contributed by atoms with Crippen molar-refractivity contribution >= 4 is 21.3 Å². The van der Waals surface area contributed by atoms with E-state index < -0.39 is 15.1 Å². The molecule has 2 aromatic rings. The zero-order valence-electron chi connectivity index (χ0n) is 15.9. The highest BCUT2D eigenvalue weighted by atomic mass is 32.2. The van der Waals surface area contributed by atoms with E-state index in [1.165, 1.54) is 0 Å². The Balaban J connectivity index is 1.78. The van der Waals surface area contributed by atoms with Gasteiger partial charge >= 0.3 is 0 Å². The van der Waals surface area contributed by atoms with Crippen LogP contribution >= 0.6 is 0 Å². The maximum Gasteiger partial charge on any atom is 0.183 e. The number of nitrogens with zero attached hydrogens (tertiary/aromatic N) is 2. The van der Waals surface area contributed by atoms with Crippen molar-refractivity contribution in [1.29, 1.82) is 0 Å². The summed E-state index contributed by atoms with van der Waals surface area (Å²) in [6.45, 7) is 3.52. The first-order chi connectivity index (χ1) is 13.6. The third-order valence-corrected chi connectivity index (χ3v) is 7.42. The van der Waals surface area contributed by atoms with Crippen molar-refractivity contribution in [3.05, 3.63) is 36.5 Å². The van der Waals surface area contributed by atoms with Gasteiger partial charge < -0.3 is 19.7 Å². The number of aromatic nitrogens is 1. The van der Waals surface area contributed by atoms with Crippen LogP contribution in [0.1, 0.15) is 6.42 Å². The lowest BCUT2D eigenvalue weighted by atomic mass is 10.1. The number of sulfone groups is 1. The molecule has 0 unspecified atom stereocenters. The Morgan fingerprint density at radius 3 is 2.54 bits per heavy atom. The fourth-order valence-electron chi connectivity index (χ4n) is 3.58. The summed E-state index contributed by atoms with van der Waals surface area (Å²) < 4.78 is 37.2. The molecule has 0 bridgehead atoms. The number of ether oxygens (including phenoxy) is 2. The minimum Gasteiger partial charge on any atom is -0.380 e. The Hall–Kier alpha value is -2.16. The van der Waals surface area contributed by atoms with Crippen LogP contribution in [-0.4, -0.2) is 65.2 Å². The van der Waals surface area contributed by atoms with E-state index in [1.807, 2.05) is 25.2 Å². The van der Waals surface area contributed by atoms with Crippen LogP contribution in [0, 0.1) is 0 Å². The minimum absolute atomic E-state index is 0.262. The first-order valence-corrected chi connectivity index (χ1v) is 11.1. The number of anilines is 2. The average Bonchev–Trinajstić information content (AvgIpc) is 3.30. The van der Waals surface area contributed by atoms with Crippen molar-refractivity contribution < 1.29 is 17.9 Å². The summed E-state index contributed by atoms with van der Waals surface area (Å²) in [4.78, 5) is 6.89. The monoisotopic (exact) mass is 403 g/mol. The molecular formula is C20H25N3O4S. The number of rotatable bonds is 5. The summed E-state index contributed by atoms with van der Waals surface area (Å²) in [7, 11) is -1.64. The lowest BCUT2D eigenvalue weighted by Gasteiger charge is -2.29. The average molecular weight is 404 g/mol. The Morgan fingerprint density at radius 1 is 1.07 bits per heavy atom. The molecular weight excluding hydrogens is 378 g/mol. The van der Waals surface area contributed by atoms with Gasteiger partial charge in [0.15, 0.2) is 9.84 Å². The number of hydrogen-bond donors (Lipinski definition) is 1. The van der Waals surface area contributed by atoms with E-state index in [0.29, 0.717) is 31.1 Å². The zero-order chi connectivity index (χ0) is 19.6. The van der Waals surface area contributed by atoms with E-state index in [9.17, 15) is 8.42 Å². The molecule has 0 saturated carbocycles. The van der Waals surface area contributed by atoms with Gasteiger partial charge in [0.05, 0.1) is 30.0 Å². The van der Waals surface area contributed by atoms with Gasteiger partial charge in [-0.3, -0.25) is 0 Å². The van der Waals surface area contributed by atoms with Gasteiger partial charge in [-0.15, -0.1) is 0 Å². The predicted octanol–water partition coefficient (Wildman–Crippen LogP) is 2.19. The van der Waals surface area contributed by atoms with Crippen LogP contribution in [0.3, 0.4) is 0 Å². The van der Waals surface area contributed by atoms with Crippen LogP contribution in [0.5, 0.6) is 0 Å². The van der Waals surface area contributed by atoms with E-state index >= 15 is 0 Å². The predicted molar refractivity (Wildman–Crippen MR) is 109 cm³/mol. The van der Waals surface area contributed by atoms with Gasteiger partial charge in [0.2, 0.25) is 0 Å². The number of nitrogens with one attached hydrogen (secondary N) is 1. The van der Waals surface area contributed by atoms with E-state index in [4.69, 9.17) is 9.47 Å². The van der Waals surface area contributed by atoms with Gasteiger partial charge in [-0.25, -0.2) is 13.4 Å². The van der Waals surface area contributed by atoms with Gasteiger partial charge in [0.25, 0.3) is 0 Å². The summed E-state index contributed by atoms with van der Waals surface area (Å²) >= 11 is 0. The number of morpholine rings is 1. The molecule has 2 fully saturated rings. The maximum atomic E-state index is 13.2. The molecule has 1 atom stereocenters. The molecule has 0 amide bonds. The number of pyridine rings is 1. The third kappa shape index (κ3) is 3.85. The summed E-state index contributed by atoms with van der Waals surface area (Å²) in [5, 5.41) is 2.52. The highest BCUT2D eigenvalue weighted by molar-refractivity contribution is 7.92. The Labute approximate surface area is 165 Å². The Kier molecular flexibility index (Phi) is 5.52. The van der Waals surface area contributed by atoms with Gasteiger partial charge in [-0.05, 0) is 42.3 Å². The molecule has 0 radical (unpaired) electrons. The standard InChI is InChI=1S/C20H25N3O4S/c1-21-20-3-2-15(13-22-20)16-10-17(23-5-8-26-9-6-23)12-19(11-16)28(24,25)18-4-7-27-14-18/h2-3,10-13,18H,4-9,14H2,1H3,(H,21,22)/t18-/m1/s1. The highest BCUT2D eigenvalue weighted by Crippen LogP contribution is 2.32. The second-order valence-corrected chi connectivity index (χ2v) is 9.26. The maximum absolute atomic E-state index is 13.2. The van der Waals surface area contributed by atoms with Crippen molar-refractivity contribution in [3.63, 3.8) is 0 Å². The van der Waals surface area contributed by atoms with Crippen LogP contribution in [0.25, 0.3) is 11.1 Å². The molecule has 1 N–H and O–H groups in total. The highest BCUT2D eigenvalue weighted by Gasteiger charge is 2.32. The summed E-state index contributed by atoms with van der Waals surface area (Å²) in [5.41, 5.74) is 2.63. The largest absolute Gasteiger partial charge is 0.380 e. The Morgan fingerprint density at radius 2 is 1.89 bits per heavy atom. The third-order valence-electron chi connectivity index (χ3n) is 5.28. The fourth-order valence-corrected chi connectivity index (χ4v) is 5.22. The second kappa shape index (κ2) is 8.06. The molecule has 4 rings (SSSR count). The smallest absolute Gasteiger partial charge is 0.183 e. The van der Waals surface area contributed by atoms with Gasteiger partial charge in [0.1, 0.15) is 5.82 Å². The van der Waals surface area contributed by atoms with E-state index in [-0.39, 0.29) is 6.61 Å². The number of benzene rings is 1. The first-order valence-electron chi connectivity index (χ1n) is 9.51. The minimum atomic E-state index is -3.46. The molecule has 1 aromatic carbocycles. The molecule has 1 aromatic heterocycles. The summed E-state index contributed by atoms with van der Waals surface area (Å²) in [6.07, 6.45) is 2.30. The molecule has 7 nitrogen and oxygen atoms in total. The quantitative estimate of drug-likeness (QED) is 0.820. The molecule has 8 heteroatoms. The van der Waals surface area contributed by atoms with Crippen LogP contribution < -0.4 is 10.2 Å². The molecule has 150 valence electrons. The van der Waals surface area contributed by atoms with Crippen molar-refractivity contribution in [2.24, 2.45) is 0 Å². The SMILES string of the molecule is CNc1ccc(-c2cc(N3CCOCC3)cc(S(=O)(=O)[C@@H]3CCOC3)c2)cn1. The molecule has 2 saturated heterocycles. The van der Waals surface area contributed by atoms with Gasteiger partial charge in [-0.1, -0.05) is 0 Å². The Bertz CT molecular complexity index is 919. The van der Waals surface area contributed by atoms with E-state index in [2.05, 4.69) is 15.2 Å². The molecule has 28 heavy (non-hydrogen) atoms. The van der Waals surface area contributed by atoms with E-state index in [0.717, 1.165) is 35.7 Å². The lowest BCUT2D eigenvalue weighted by Crippen LogP contribution is -2.36. The van der Waals surface area contributed by atoms with Crippen molar-refractivity contribution in [1.82, 2.24) is 4.98 Å². The molecule has 0 spiro atoms. The van der Waals surface area contributed by atoms with Crippen LogP contribution in [0.15, 0.2) is 41.4 Å². The lowest BCUT2D eigenvalue weighted by molar-refractivity contribution is 0.122. The van der Waals surface area contributed by atoms with E-state index in [1.54, 1.807) is 18.3 Å². The van der Waals surface area contributed by atoms with Crippen molar-refractivity contribution in [2.45, 2.75) is 16.6 Å². The fraction of sp³-hybridized carbons (Fsp3) is 0.450. The molecule has 2 aliphatic heterocycles. The van der Waals surface area contributed by atoms with Crippen molar-refractivity contribution in [3.8, 4) is 11.1 Å². The summed E-state index contributed by atoms with van der Waals surface area (Å²) in [5.74, 6) is 0.768. The topological polar surface area (TPSA) is 80.8 Å². The zero-order valence-corrected chi connectivity index (χ0v) is 16.7. The molecule has 3 heterocycles. The number of hydrogen-bond acceptors (Lipinski definition) is 7. The van der Waals surface area contributed by atoms with Crippen LogP contribution in [0.2, 0.25) is 0 Å². The molecule has 0 aliphatic carbocycles. The molecule has 2 aliphatic rings. The van der Waals surface area contributed by atoms with Gasteiger partial charge in [0, 0.05) is 44.2 Å². The first kappa shape index (κ1) is 19.2. The second-order valence-electron chi connectivity index (χ2n) is 7.03. The van der Waals surface area contributed by atoms with Crippen LogP contribution in [0.4, 0.5) is 11.5 Å². The summed E-state index contributed by atoms with van der Waals surface area (Å²) in [6, 6.07) is 9.42. The van der Waals surface area contributed by atoms with Gasteiger partial charge in [-0.2, -0.15) is 0 Å².